The molecule has 1 aromatic rings. The van der Waals surface area contributed by atoms with Crippen molar-refractivity contribution in [3.63, 3.8) is 0 Å². The van der Waals surface area contributed by atoms with Crippen molar-refractivity contribution in [2.45, 2.75) is 57.9 Å². The molecule has 0 saturated heterocycles. The zero-order valence-electron chi connectivity index (χ0n) is 11.6. The van der Waals surface area contributed by atoms with Crippen LogP contribution in [-0.2, 0) is 0 Å². The molecule has 1 heterocycles. The summed E-state index contributed by atoms with van der Waals surface area (Å²) in [5, 5.41) is 7.48. The summed E-state index contributed by atoms with van der Waals surface area (Å²) >= 11 is 0. The van der Waals surface area contributed by atoms with E-state index in [1.807, 2.05) is 0 Å². The number of nitrogens with one attached hydrogen (secondary N) is 2. The first kappa shape index (κ1) is 11.9. The maximum Gasteiger partial charge on any atom is 0.0583 e. The highest BCUT2D eigenvalue weighted by Gasteiger charge is 2.33. The molecule has 98 valence electrons. The molecular formula is C16H24N2. The van der Waals surface area contributed by atoms with Crippen molar-refractivity contribution in [2.24, 2.45) is 0 Å². The summed E-state index contributed by atoms with van der Waals surface area (Å²) in [6.07, 6.45) is 8.10. The second-order valence-corrected chi connectivity index (χ2v) is 6.12. The fraction of sp³-hybridized carbons (Fsp3) is 0.625. The Morgan fingerprint density at radius 3 is 2.28 bits per heavy atom. The quantitative estimate of drug-likeness (QED) is 0.713. The summed E-state index contributed by atoms with van der Waals surface area (Å²) in [5.41, 5.74) is 5.73. The van der Waals surface area contributed by atoms with Crippen LogP contribution in [0.25, 0.3) is 0 Å². The Morgan fingerprint density at radius 2 is 1.56 bits per heavy atom. The van der Waals surface area contributed by atoms with Crippen LogP contribution in [0.5, 0.6) is 0 Å². The molecule has 1 spiro atoms. The number of hydrogen-bond donors (Lipinski definition) is 2. The molecule has 0 radical (unpaired) electrons. The Morgan fingerprint density at radius 1 is 0.889 bits per heavy atom. The number of anilines is 2. The highest BCUT2D eigenvalue weighted by Crippen LogP contribution is 2.39. The molecular weight excluding hydrogens is 220 g/mol. The lowest BCUT2D eigenvalue weighted by Crippen LogP contribution is -2.40. The van der Waals surface area contributed by atoms with Crippen molar-refractivity contribution >= 4 is 11.4 Å². The Bertz CT molecular complexity index is 445. The van der Waals surface area contributed by atoms with Gasteiger partial charge in [0.1, 0.15) is 0 Å². The van der Waals surface area contributed by atoms with Crippen LogP contribution < -0.4 is 10.6 Å². The molecule has 2 nitrogen and oxygen atoms in total. The van der Waals surface area contributed by atoms with E-state index in [0.717, 1.165) is 6.54 Å². The number of rotatable bonds is 0. The van der Waals surface area contributed by atoms with Gasteiger partial charge in [-0.1, -0.05) is 19.3 Å². The minimum atomic E-state index is 0.359. The summed E-state index contributed by atoms with van der Waals surface area (Å²) in [5.74, 6) is 0. The van der Waals surface area contributed by atoms with Crippen molar-refractivity contribution in [1.29, 1.82) is 0 Å². The molecule has 1 aliphatic heterocycles. The van der Waals surface area contributed by atoms with Crippen LogP contribution in [0.3, 0.4) is 0 Å². The van der Waals surface area contributed by atoms with E-state index in [1.54, 1.807) is 0 Å². The van der Waals surface area contributed by atoms with Gasteiger partial charge >= 0.3 is 0 Å². The first-order valence-electron chi connectivity index (χ1n) is 7.32. The summed E-state index contributed by atoms with van der Waals surface area (Å²) < 4.78 is 0. The molecule has 0 unspecified atom stereocenters. The molecule has 2 N–H and O–H groups in total. The van der Waals surface area contributed by atoms with E-state index in [-0.39, 0.29) is 0 Å². The van der Waals surface area contributed by atoms with Gasteiger partial charge in [0.05, 0.1) is 11.4 Å². The highest BCUT2D eigenvalue weighted by atomic mass is 15.1. The Hall–Kier alpha value is -1.18. The lowest BCUT2D eigenvalue weighted by molar-refractivity contribution is 0.313. The van der Waals surface area contributed by atoms with E-state index in [9.17, 15) is 0 Å². The predicted molar refractivity (Wildman–Crippen MR) is 78.5 cm³/mol. The monoisotopic (exact) mass is 244 g/mol. The van der Waals surface area contributed by atoms with Crippen molar-refractivity contribution in [3.8, 4) is 0 Å². The van der Waals surface area contributed by atoms with Crippen LogP contribution in [0.4, 0.5) is 11.4 Å². The van der Waals surface area contributed by atoms with E-state index in [4.69, 9.17) is 0 Å². The van der Waals surface area contributed by atoms with E-state index < -0.39 is 0 Å². The molecule has 1 saturated carbocycles. The largest absolute Gasteiger partial charge is 0.383 e. The minimum Gasteiger partial charge on any atom is -0.383 e. The second kappa shape index (κ2) is 4.49. The summed E-state index contributed by atoms with van der Waals surface area (Å²) in [6, 6.07) is 4.61. The first-order chi connectivity index (χ1) is 8.69. The predicted octanol–water partition coefficient (Wildman–Crippen LogP) is 4.23. The lowest BCUT2D eigenvalue weighted by atomic mass is 9.79. The van der Waals surface area contributed by atoms with Gasteiger partial charge in [0, 0.05) is 12.1 Å². The average molecular weight is 244 g/mol. The number of aryl methyl sites for hydroxylation is 2. The standard InChI is InChI=1S/C16H24N2/c1-12-10-14-15(11-13(12)2)18-16(8-9-17-14)6-4-3-5-7-16/h10-11,17-18H,3-9H2,1-2H3. The van der Waals surface area contributed by atoms with Crippen molar-refractivity contribution in [1.82, 2.24) is 0 Å². The summed E-state index contributed by atoms with van der Waals surface area (Å²) in [7, 11) is 0. The maximum absolute atomic E-state index is 3.88. The molecule has 18 heavy (non-hydrogen) atoms. The van der Waals surface area contributed by atoms with E-state index in [2.05, 4.69) is 36.6 Å². The molecule has 0 aromatic heterocycles. The van der Waals surface area contributed by atoms with Gasteiger partial charge in [0.15, 0.2) is 0 Å². The summed E-state index contributed by atoms with van der Waals surface area (Å²) in [4.78, 5) is 0. The zero-order valence-corrected chi connectivity index (χ0v) is 11.6. The second-order valence-electron chi connectivity index (χ2n) is 6.12. The normalized spacial score (nSPS) is 21.7. The lowest BCUT2D eigenvalue weighted by Gasteiger charge is -2.38. The third-order valence-electron chi connectivity index (χ3n) is 4.76. The van der Waals surface area contributed by atoms with Crippen LogP contribution in [0.1, 0.15) is 49.7 Å². The number of benzene rings is 1. The van der Waals surface area contributed by atoms with E-state index >= 15 is 0 Å². The van der Waals surface area contributed by atoms with Crippen LogP contribution in [0, 0.1) is 13.8 Å². The SMILES string of the molecule is Cc1cc2c(cc1C)NC1(CCCCC1)CCN2. The van der Waals surface area contributed by atoms with Gasteiger partial charge in [-0.05, 0) is 56.4 Å². The van der Waals surface area contributed by atoms with Crippen LogP contribution in [-0.4, -0.2) is 12.1 Å². The third-order valence-corrected chi connectivity index (χ3v) is 4.76. The maximum atomic E-state index is 3.88. The Labute approximate surface area is 110 Å². The van der Waals surface area contributed by atoms with Crippen molar-refractivity contribution in [3.05, 3.63) is 23.3 Å². The summed E-state index contributed by atoms with van der Waals surface area (Å²) in [6.45, 7) is 5.50. The van der Waals surface area contributed by atoms with Gasteiger partial charge in [-0.15, -0.1) is 0 Å². The minimum absolute atomic E-state index is 0.359. The molecule has 2 heteroatoms. The molecule has 1 aromatic carbocycles. The fourth-order valence-corrected chi connectivity index (χ4v) is 3.45. The number of hydrogen-bond acceptors (Lipinski definition) is 2. The van der Waals surface area contributed by atoms with Crippen LogP contribution >= 0.6 is 0 Å². The van der Waals surface area contributed by atoms with Crippen molar-refractivity contribution < 1.29 is 0 Å². The fourth-order valence-electron chi connectivity index (χ4n) is 3.45. The first-order valence-corrected chi connectivity index (χ1v) is 7.32. The van der Waals surface area contributed by atoms with Crippen LogP contribution in [0.15, 0.2) is 12.1 Å². The van der Waals surface area contributed by atoms with Gasteiger partial charge in [0.2, 0.25) is 0 Å². The molecule has 3 rings (SSSR count). The van der Waals surface area contributed by atoms with Gasteiger partial charge in [-0.3, -0.25) is 0 Å². The van der Waals surface area contributed by atoms with Gasteiger partial charge in [-0.25, -0.2) is 0 Å². The van der Waals surface area contributed by atoms with Gasteiger partial charge < -0.3 is 10.6 Å². The third kappa shape index (κ3) is 2.09. The zero-order chi connectivity index (χ0) is 12.6. The molecule has 1 aliphatic carbocycles. The number of fused-ring (bicyclic) bond motifs is 1. The van der Waals surface area contributed by atoms with E-state index in [1.165, 1.54) is 61.0 Å². The average Bonchev–Trinajstić information content (AvgIpc) is 2.51. The van der Waals surface area contributed by atoms with Crippen molar-refractivity contribution in [2.75, 3.05) is 17.2 Å². The van der Waals surface area contributed by atoms with Crippen LogP contribution in [0.2, 0.25) is 0 Å². The molecule has 0 amide bonds. The molecule has 1 fully saturated rings. The Kier molecular flexibility index (Phi) is 2.96. The molecule has 2 aliphatic rings. The topological polar surface area (TPSA) is 24.1 Å². The smallest absolute Gasteiger partial charge is 0.0583 e. The molecule has 0 atom stereocenters. The Balaban J connectivity index is 1.94. The highest BCUT2D eigenvalue weighted by molar-refractivity contribution is 5.72. The van der Waals surface area contributed by atoms with Gasteiger partial charge in [-0.2, -0.15) is 0 Å². The van der Waals surface area contributed by atoms with E-state index in [0.29, 0.717) is 5.54 Å². The van der Waals surface area contributed by atoms with Gasteiger partial charge in [0.25, 0.3) is 0 Å². The molecule has 0 bridgehead atoms.